The first kappa shape index (κ1) is 16.8. The van der Waals surface area contributed by atoms with E-state index < -0.39 is 5.97 Å². The van der Waals surface area contributed by atoms with Crippen molar-refractivity contribution >= 4 is 28.7 Å². The third kappa shape index (κ3) is 3.21. The van der Waals surface area contributed by atoms with Gasteiger partial charge in [-0.05, 0) is 31.9 Å². The number of para-hydroxylation sites is 2. The van der Waals surface area contributed by atoms with Crippen LogP contribution in [-0.4, -0.2) is 59.5 Å². The van der Waals surface area contributed by atoms with Gasteiger partial charge in [0.1, 0.15) is 0 Å². The maximum atomic E-state index is 12.4. The summed E-state index contributed by atoms with van der Waals surface area (Å²) in [6.07, 6.45) is 2.03. The number of carbonyl (C=O) groups excluding carboxylic acids is 2. The van der Waals surface area contributed by atoms with Gasteiger partial charge in [0.05, 0.1) is 17.6 Å². The molecule has 4 rings (SSSR count). The molecule has 0 N–H and O–H groups in total. The lowest BCUT2D eigenvalue weighted by Gasteiger charge is -2.36. The lowest BCUT2D eigenvalue weighted by molar-refractivity contribution is -0.132. The summed E-state index contributed by atoms with van der Waals surface area (Å²) in [6, 6.07) is 7.49. The van der Waals surface area contributed by atoms with Gasteiger partial charge in [0.15, 0.2) is 11.5 Å². The zero-order chi connectivity index (χ0) is 18.1. The minimum Gasteiger partial charge on any atom is -0.461 e. The fraction of sp³-hybridized carbons (Fsp3) is 0.474. The molecule has 0 radical (unpaired) electrons. The van der Waals surface area contributed by atoms with Gasteiger partial charge < -0.3 is 14.5 Å². The van der Waals surface area contributed by atoms with E-state index in [1.165, 1.54) is 0 Å². The number of nitrogens with zero attached hydrogens (tertiary/aromatic N) is 4. The maximum absolute atomic E-state index is 12.4. The van der Waals surface area contributed by atoms with Crippen LogP contribution in [0.3, 0.4) is 0 Å². The number of esters is 1. The van der Waals surface area contributed by atoms with E-state index in [4.69, 9.17) is 4.74 Å². The largest absolute Gasteiger partial charge is 0.461 e. The van der Waals surface area contributed by atoms with Gasteiger partial charge in [-0.2, -0.15) is 0 Å². The van der Waals surface area contributed by atoms with E-state index in [1.807, 2.05) is 34.1 Å². The van der Waals surface area contributed by atoms with Gasteiger partial charge >= 0.3 is 5.97 Å². The molecule has 7 nitrogen and oxygen atoms in total. The third-order valence-corrected chi connectivity index (χ3v) is 4.84. The number of anilines is 1. The highest BCUT2D eigenvalue weighted by molar-refractivity contribution is 5.95. The van der Waals surface area contributed by atoms with Crippen LogP contribution in [0.2, 0.25) is 0 Å². The molecular formula is C19H22N4O3. The van der Waals surface area contributed by atoms with Gasteiger partial charge in [0.25, 0.3) is 0 Å². The number of rotatable bonds is 4. The Kier molecular flexibility index (Phi) is 4.44. The van der Waals surface area contributed by atoms with Crippen molar-refractivity contribution in [2.24, 2.45) is 5.92 Å². The Balaban J connectivity index is 1.61. The van der Waals surface area contributed by atoms with Crippen molar-refractivity contribution in [1.29, 1.82) is 0 Å². The van der Waals surface area contributed by atoms with Crippen molar-refractivity contribution in [3.63, 3.8) is 0 Å². The quantitative estimate of drug-likeness (QED) is 0.780. The SMILES string of the molecule is CCOC(=O)c1nc2ccccc2nc1N1CCN(C(=O)C2CC2)CC1. The summed E-state index contributed by atoms with van der Waals surface area (Å²) in [4.78, 5) is 37.8. The first-order valence-corrected chi connectivity index (χ1v) is 9.15. The van der Waals surface area contributed by atoms with Crippen LogP contribution in [-0.2, 0) is 9.53 Å². The van der Waals surface area contributed by atoms with Crippen LogP contribution in [0.1, 0.15) is 30.3 Å². The van der Waals surface area contributed by atoms with E-state index in [1.54, 1.807) is 6.92 Å². The van der Waals surface area contributed by atoms with Crippen LogP contribution in [0.4, 0.5) is 5.82 Å². The predicted octanol–water partition coefficient (Wildman–Crippen LogP) is 1.87. The summed E-state index contributed by atoms with van der Waals surface area (Å²) >= 11 is 0. The molecule has 1 saturated heterocycles. The minimum absolute atomic E-state index is 0.233. The van der Waals surface area contributed by atoms with Gasteiger partial charge in [-0.1, -0.05) is 12.1 Å². The van der Waals surface area contributed by atoms with Crippen LogP contribution in [0.15, 0.2) is 24.3 Å². The molecule has 1 aliphatic heterocycles. The van der Waals surface area contributed by atoms with Crippen molar-refractivity contribution in [3.05, 3.63) is 30.0 Å². The summed E-state index contributed by atoms with van der Waals surface area (Å²) in [5.74, 6) is 0.579. The number of aromatic nitrogens is 2. The second kappa shape index (κ2) is 6.90. The summed E-state index contributed by atoms with van der Waals surface area (Å²) in [7, 11) is 0. The second-order valence-electron chi connectivity index (χ2n) is 6.69. The van der Waals surface area contributed by atoms with Gasteiger partial charge in [-0.15, -0.1) is 0 Å². The molecular weight excluding hydrogens is 332 g/mol. The first-order valence-electron chi connectivity index (χ1n) is 9.15. The fourth-order valence-corrected chi connectivity index (χ4v) is 3.27. The van der Waals surface area contributed by atoms with Gasteiger partial charge in [0, 0.05) is 32.1 Å². The summed E-state index contributed by atoms with van der Waals surface area (Å²) in [5.41, 5.74) is 1.65. The first-order chi connectivity index (χ1) is 12.7. The number of carbonyl (C=O) groups is 2. The van der Waals surface area contributed by atoms with E-state index in [2.05, 4.69) is 9.97 Å². The average Bonchev–Trinajstić information content (AvgIpc) is 3.52. The molecule has 0 spiro atoms. The average molecular weight is 354 g/mol. The van der Waals surface area contributed by atoms with E-state index in [0.717, 1.165) is 18.4 Å². The molecule has 136 valence electrons. The Hall–Kier alpha value is -2.70. The van der Waals surface area contributed by atoms with Gasteiger partial charge in [-0.3, -0.25) is 4.79 Å². The number of fused-ring (bicyclic) bond motifs is 1. The molecule has 26 heavy (non-hydrogen) atoms. The molecule has 2 fully saturated rings. The van der Waals surface area contributed by atoms with Gasteiger partial charge in [-0.25, -0.2) is 14.8 Å². The molecule has 1 aliphatic carbocycles. The molecule has 0 unspecified atom stereocenters. The third-order valence-electron chi connectivity index (χ3n) is 4.84. The van der Waals surface area contributed by atoms with Crippen molar-refractivity contribution in [2.75, 3.05) is 37.7 Å². The van der Waals surface area contributed by atoms with Crippen LogP contribution < -0.4 is 4.90 Å². The zero-order valence-corrected chi connectivity index (χ0v) is 14.9. The second-order valence-corrected chi connectivity index (χ2v) is 6.69. The number of benzene rings is 1. The Labute approximate surface area is 152 Å². The molecule has 0 bridgehead atoms. The van der Waals surface area contributed by atoms with E-state index >= 15 is 0 Å². The lowest BCUT2D eigenvalue weighted by atomic mass is 10.2. The van der Waals surface area contributed by atoms with Crippen LogP contribution in [0.5, 0.6) is 0 Å². The highest BCUT2D eigenvalue weighted by Crippen LogP contribution is 2.31. The van der Waals surface area contributed by atoms with E-state index in [9.17, 15) is 9.59 Å². The molecule has 2 heterocycles. The molecule has 1 amide bonds. The fourth-order valence-electron chi connectivity index (χ4n) is 3.27. The van der Waals surface area contributed by atoms with Crippen LogP contribution in [0.25, 0.3) is 11.0 Å². The molecule has 1 aromatic heterocycles. The molecule has 0 atom stereocenters. The van der Waals surface area contributed by atoms with Crippen molar-refractivity contribution in [3.8, 4) is 0 Å². The predicted molar refractivity (Wildman–Crippen MR) is 97.0 cm³/mol. The number of ether oxygens (including phenoxy) is 1. The van der Waals surface area contributed by atoms with Gasteiger partial charge in [0.2, 0.25) is 5.91 Å². The highest BCUT2D eigenvalue weighted by atomic mass is 16.5. The molecule has 2 aliphatic rings. The van der Waals surface area contributed by atoms with Crippen LogP contribution in [0, 0.1) is 5.92 Å². The number of piperazine rings is 1. The van der Waals surface area contributed by atoms with E-state index in [-0.39, 0.29) is 24.1 Å². The Bertz CT molecular complexity index is 842. The number of hydrogen-bond donors (Lipinski definition) is 0. The maximum Gasteiger partial charge on any atom is 0.360 e. The van der Waals surface area contributed by atoms with E-state index in [0.29, 0.717) is 37.5 Å². The smallest absolute Gasteiger partial charge is 0.360 e. The monoisotopic (exact) mass is 354 g/mol. The molecule has 7 heteroatoms. The highest BCUT2D eigenvalue weighted by Gasteiger charge is 2.35. The lowest BCUT2D eigenvalue weighted by Crippen LogP contribution is -2.50. The number of hydrogen-bond acceptors (Lipinski definition) is 6. The summed E-state index contributed by atoms with van der Waals surface area (Å²) in [5, 5.41) is 0. The van der Waals surface area contributed by atoms with Crippen LogP contribution >= 0.6 is 0 Å². The summed E-state index contributed by atoms with van der Waals surface area (Å²) < 4.78 is 5.17. The molecule has 2 aromatic rings. The number of amides is 1. The van der Waals surface area contributed by atoms with Crippen molar-refractivity contribution in [2.45, 2.75) is 19.8 Å². The topological polar surface area (TPSA) is 75.6 Å². The minimum atomic E-state index is -0.461. The Morgan fingerprint density at radius 1 is 1.08 bits per heavy atom. The van der Waals surface area contributed by atoms with Crippen molar-refractivity contribution < 1.29 is 14.3 Å². The Morgan fingerprint density at radius 2 is 1.73 bits per heavy atom. The summed E-state index contributed by atoms with van der Waals surface area (Å²) in [6.45, 7) is 4.62. The standard InChI is InChI=1S/C19H22N4O3/c1-2-26-19(25)16-17(21-15-6-4-3-5-14(15)20-16)22-9-11-23(12-10-22)18(24)13-7-8-13/h3-6,13H,2,7-12H2,1H3. The van der Waals surface area contributed by atoms with Crippen molar-refractivity contribution in [1.82, 2.24) is 14.9 Å². The Morgan fingerprint density at radius 3 is 2.35 bits per heavy atom. The molecule has 1 aromatic carbocycles. The normalized spacial score (nSPS) is 17.4. The molecule has 1 saturated carbocycles. The zero-order valence-electron chi connectivity index (χ0n) is 14.9.